The third kappa shape index (κ3) is 3.64. The van der Waals surface area contributed by atoms with Crippen molar-refractivity contribution in [1.29, 1.82) is 5.26 Å². The van der Waals surface area contributed by atoms with Gasteiger partial charge < -0.3 is 5.32 Å². The number of nitrogens with zero attached hydrogens (tertiary/aromatic N) is 1. The zero-order chi connectivity index (χ0) is 19.5. The fourth-order valence-electron chi connectivity index (χ4n) is 3.48. The number of rotatable bonds is 4. The van der Waals surface area contributed by atoms with Gasteiger partial charge in [-0.3, -0.25) is 4.79 Å². The predicted molar refractivity (Wildman–Crippen MR) is 110 cm³/mol. The number of allylic oxidation sites excluding steroid dienone is 1. The van der Waals surface area contributed by atoms with E-state index in [4.69, 9.17) is 0 Å². The largest absolute Gasteiger partial charge is 0.320 e. The quantitative estimate of drug-likeness (QED) is 0.664. The highest BCUT2D eigenvalue weighted by Gasteiger charge is 2.29. The van der Waals surface area contributed by atoms with Gasteiger partial charge in [-0.05, 0) is 34.0 Å². The van der Waals surface area contributed by atoms with Crippen molar-refractivity contribution < 1.29 is 9.18 Å². The molecule has 4 rings (SSSR count). The molecule has 0 bridgehead atoms. The molecule has 0 saturated heterocycles. The number of nitriles is 1. The van der Waals surface area contributed by atoms with E-state index in [1.807, 2.05) is 18.2 Å². The molecule has 5 heteroatoms. The molecule has 1 amide bonds. The zero-order valence-corrected chi connectivity index (χ0v) is 15.8. The molecule has 1 heterocycles. The van der Waals surface area contributed by atoms with Crippen LogP contribution < -0.4 is 5.32 Å². The van der Waals surface area contributed by atoms with E-state index in [-0.39, 0.29) is 24.1 Å². The van der Waals surface area contributed by atoms with Gasteiger partial charge in [0, 0.05) is 18.1 Å². The first-order valence-electron chi connectivity index (χ1n) is 8.94. The Labute approximate surface area is 166 Å². The number of halogens is 1. The molecule has 1 aliphatic heterocycles. The highest BCUT2D eigenvalue weighted by atomic mass is 32.2. The summed E-state index contributed by atoms with van der Waals surface area (Å²) in [6.45, 7) is 0. The molecule has 0 fully saturated rings. The van der Waals surface area contributed by atoms with E-state index in [1.165, 1.54) is 23.9 Å². The molecule has 0 aromatic heterocycles. The van der Waals surface area contributed by atoms with Crippen LogP contribution in [-0.2, 0) is 10.5 Å². The molecule has 0 saturated carbocycles. The lowest BCUT2D eigenvalue weighted by Crippen LogP contribution is -2.30. The maximum absolute atomic E-state index is 13.3. The van der Waals surface area contributed by atoms with Crippen molar-refractivity contribution >= 4 is 28.4 Å². The van der Waals surface area contributed by atoms with Gasteiger partial charge in [0.1, 0.15) is 5.82 Å². The number of hydrogen-bond donors (Lipinski definition) is 1. The normalized spacial score (nSPS) is 16.7. The molecule has 1 aliphatic rings. The van der Waals surface area contributed by atoms with E-state index in [9.17, 15) is 14.4 Å². The van der Waals surface area contributed by atoms with Gasteiger partial charge >= 0.3 is 0 Å². The SMILES string of the molecule is N#CC1=C(SCc2cccc3ccccc23)NC(=O)C[C@H]1c1ccc(F)cc1. The fraction of sp³-hybridized carbons (Fsp3) is 0.130. The Balaban J connectivity index is 1.65. The molecular weight excluding hydrogens is 371 g/mol. The van der Waals surface area contributed by atoms with Crippen molar-refractivity contribution in [1.82, 2.24) is 5.32 Å². The minimum atomic E-state index is -0.352. The van der Waals surface area contributed by atoms with Crippen LogP contribution in [0.25, 0.3) is 10.8 Å². The summed E-state index contributed by atoms with van der Waals surface area (Å²) in [7, 11) is 0. The van der Waals surface area contributed by atoms with Crippen molar-refractivity contribution in [3.63, 3.8) is 0 Å². The van der Waals surface area contributed by atoms with Gasteiger partial charge in [-0.1, -0.05) is 54.6 Å². The number of fused-ring (bicyclic) bond motifs is 1. The molecular formula is C23H17FN2OS. The van der Waals surface area contributed by atoms with Gasteiger partial charge in [0.15, 0.2) is 0 Å². The molecule has 28 heavy (non-hydrogen) atoms. The van der Waals surface area contributed by atoms with E-state index < -0.39 is 0 Å². The first-order chi connectivity index (χ1) is 13.7. The monoisotopic (exact) mass is 388 g/mol. The summed E-state index contributed by atoms with van der Waals surface area (Å²) in [4.78, 5) is 12.3. The van der Waals surface area contributed by atoms with Crippen LogP contribution in [0, 0.1) is 17.1 Å². The Morgan fingerprint density at radius 3 is 2.61 bits per heavy atom. The van der Waals surface area contributed by atoms with Crippen LogP contribution in [0.2, 0.25) is 0 Å². The van der Waals surface area contributed by atoms with Gasteiger partial charge in [0.25, 0.3) is 0 Å². The van der Waals surface area contributed by atoms with Crippen LogP contribution in [0.1, 0.15) is 23.5 Å². The number of carbonyl (C=O) groups is 1. The van der Waals surface area contributed by atoms with E-state index in [1.54, 1.807) is 12.1 Å². The number of hydrogen-bond acceptors (Lipinski definition) is 3. The third-order valence-corrected chi connectivity index (χ3v) is 5.95. The number of thioether (sulfide) groups is 1. The second kappa shape index (κ2) is 7.87. The highest BCUT2D eigenvalue weighted by molar-refractivity contribution is 8.02. The first kappa shape index (κ1) is 18.3. The maximum atomic E-state index is 13.3. The number of nitrogens with one attached hydrogen (secondary N) is 1. The summed E-state index contributed by atoms with van der Waals surface area (Å²) in [6, 6.07) is 22.6. The van der Waals surface area contributed by atoms with Gasteiger partial charge in [-0.25, -0.2) is 4.39 Å². The Morgan fingerprint density at radius 1 is 1.07 bits per heavy atom. The van der Waals surface area contributed by atoms with Crippen LogP contribution >= 0.6 is 11.8 Å². The van der Waals surface area contributed by atoms with Gasteiger partial charge in [-0.15, -0.1) is 11.8 Å². The van der Waals surface area contributed by atoms with Crippen LogP contribution in [0.3, 0.4) is 0 Å². The van der Waals surface area contributed by atoms with Gasteiger partial charge in [-0.2, -0.15) is 5.26 Å². The van der Waals surface area contributed by atoms with Crippen molar-refractivity contribution in [2.45, 2.75) is 18.1 Å². The minimum absolute atomic E-state index is 0.131. The Morgan fingerprint density at radius 2 is 1.82 bits per heavy atom. The summed E-state index contributed by atoms with van der Waals surface area (Å²) in [5.74, 6) is -0.182. The average molecular weight is 388 g/mol. The second-order valence-electron chi connectivity index (χ2n) is 6.64. The molecule has 1 N–H and O–H groups in total. The average Bonchev–Trinajstić information content (AvgIpc) is 2.72. The summed E-state index contributed by atoms with van der Waals surface area (Å²) in [5.41, 5.74) is 2.44. The second-order valence-corrected chi connectivity index (χ2v) is 7.62. The minimum Gasteiger partial charge on any atom is -0.320 e. The smallest absolute Gasteiger partial charge is 0.225 e. The lowest BCUT2D eigenvalue weighted by molar-refractivity contribution is -0.120. The number of benzene rings is 3. The predicted octanol–water partition coefficient (Wildman–Crippen LogP) is 5.25. The maximum Gasteiger partial charge on any atom is 0.225 e. The summed E-state index contributed by atoms with van der Waals surface area (Å²) in [6.07, 6.45) is 0.187. The molecule has 3 nitrogen and oxygen atoms in total. The summed E-state index contributed by atoms with van der Waals surface area (Å²) in [5, 5.41) is 15.5. The Kier molecular flexibility index (Phi) is 5.14. The summed E-state index contributed by atoms with van der Waals surface area (Å²) < 4.78 is 13.3. The molecule has 0 radical (unpaired) electrons. The molecule has 138 valence electrons. The highest BCUT2D eigenvalue weighted by Crippen LogP contribution is 2.37. The lowest BCUT2D eigenvalue weighted by Gasteiger charge is -2.25. The van der Waals surface area contributed by atoms with Crippen LogP contribution in [-0.4, -0.2) is 5.91 Å². The molecule has 1 atom stereocenters. The molecule has 0 unspecified atom stereocenters. The number of amides is 1. The van der Waals surface area contributed by atoms with E-state index in [0.717, 1.165) is 21.9 Å². The molecule has 0 spiro atoms. The van der Waals surface area contributed by atoms with Crippen LogP contribution in [0.15, 0.2) is 77.3 Å². The van der Waals surface area contributed by atoms with E-state index in [0.29, 0.717) is 16.4 Å². The van der Waals surface area contributed by atoms with Gasteiger partial charge in [0.05, 0.1) is 16.7 Å². The van der Waals surface area contributed by atoms with Gasteiger partial charge in [0.2, 0.25) is 5.91 Å². The fourth-order valence-corrected chi connectivity index (χ4v) is 4.56. The lowest BCUT2D eigenvalue weighted by atomic mass is 9.87. The topological polar surface area (TPSA) is 52.9 Å². The zero-order valence-electron chi connectivity index (χ0n) is 15.0. The first-order valence-corrected chi connectivity index (χ1v) is 9.93. The third-order valence-electron chi connectivity index (χ3n) is 4.88. The van der Waals surface area contributed by atoms with Crippen LogP contribution in [0.5, 0.6) is 0 Å². The van der Waals surface area contributed by atoms with Crippen molar-refractivity contribution in [3.05, 3.63) is 94.3 Å². The number of carbonyl (C=O) groups excluding carboxylic acids is 1. The Hall–Kier alpha value is -3.10. The summed E-state index contributed by atoms with van der Waals surface area (Å²) >= 11 is 1.45. The van der Waals surface area contributed by atoms with Crippen molar-refractivity contribution in [3.8, 4) is 6.07 Å². The Bertz CT molecular complexity index is 1110. The van der Waals surface area contributed by atoms with Crippen molar-refractivity contribution in [2.24, 2.45) is 0 Å². The van der Waals surface area contributed by atoms with Crippen LogP contribution in [0.4, 0.5) is 4.39 Å². The standard InChI is InChI=1S/C23H17FN2OS/c24-18-10-8-16(9-11-18)20-12-22(27)26-23(21(20)13-25)28-14-17-6-3-5-15-4-1-2-7-19(15)17/h1-11,20H,12,14H2,(H,26,27)/t20-/m0/s1. The molecule has 3 aromatic rings. The van der Waals surface area contributed by atoms with Crippen molar-refractivity contribution in [2.75, 3.05) is 0 Å². The van der Waals surface area contributed by atoms with E-state index in [2.05, 4.69) is 35.7 Å². The van der Waals surface area contributed by atoms with E-state index >= 15 is 0 Å². The molecule has 0 aliphatic carbocycles. The molecule has 3 aromatic carbocycles.